The quantitative estimate of drug-likeness (QED) is 0.804. The number of hydrogen-bond acceptors (Lipinski definition) is 3. The fraction of sp³-hybridized carbons (Fsp3) is 0.417. The van der Waals surface area contributed by atoms with Crippen LogP contribution in [0.15, 0.2) is 24.3 Å². The van der Waals surface area contributed by atoms with Gasteiger partial charge in [-0.05, 0) is 18.6 Å². The lowest BCUT2D eigenvalue weighted by Crippen LogP contribution is -2.30. The molecule has 1 heterocycles. The number of benzene rings is 1. The van der Waals surface area contributed by atoms with Crippen molar-refractivity contribution in [2.24, 2.45) is 11.8 Å². The Morgan fingerprint density at radius 1 is 1.53 bits per heavy atom. The van der Waals surface area contributed by atoms with E-state index < -0.39 is 5.82 Å². The van der Waals surface area contributed by atoms with Gasteiger partial charge in [0.15, 0.2) is 0 Å². The number of rotatable bonds is 3. The predicted molar refractivity (Wildman–Crippen MR) is 60.5 cm³/mol. The number of halogens is 1. The molecule has 1 fully saturated rings. The summed E-state index contributed by atoms with van der Waals surface area (Å²) in [6.07, 6.45) is 0.845. The van der Waals surface area contributed by atoms with E-state index in [0.29, 0.717) is 19.7 Å². The molecule has 4 nitrogen and oxygen atoms in total. The summed E-state index contributed by atoms with van der Waals surface area (Å²) in [7, 11) is 0. The van der Waals surface area contributed by atoms with Crippen molar-refractivity contribution in [1.29, 1.82) is 0 Å². The van der Waals surface area contributed by atoms with Gasteiger partial charge in [-0.1, -0.05) is 12.1 Å². The Bertz CT molecular complexity index is 411. The molecule has 0 radical (unpaired) electrons. The van der Waals surface area contributed by atoms with Crippen LogP contribution in [0.25, 0.3) is 0 Å². The van der Waals surface area contributed by atoms with Gasteiger partial charge in [0.25, 0.3) is 5.91 Å². The van der Waals surface area contributed by atoms with E-state index in [-0.39, 0.29) is 17.4 Å². The van der Waals surface area contributed by atoms with Crippen molar-refractivity contribution in [2.75, 3.05) is 19.7 Å². The molecule has 17 heavy (non-hydrogen) atoms. The molecule has 1 aliphatic rings. The molecule has 5 heteroatoms. The zero-order valence-corrected chi connectivity index (χ0v) is 9.43. The molecule has 0 aliphatic carbocycles. The van der Waals surface area contributed by atoms with Crippen LogP contribution in [-0.2, 0) is 4.84 Å². The molecular weight excluding hydrogens is 223 g/mol. The van der Waals surface area contributed by atoms with E-state index in [9.17, 15) is 9.18 Å². The Morgan fingerprint density at radius 3 is 3.00 bits per heavy atom. The maximum Gasteiger partial charge on any atom is 0.256 e. The summed E-state index contributed by atoms with van der Waals surface area (Å²) in [5, 5.41) is 0. The maximum atomic E-state index is 13.4. The van der Waals surface area contributed by atoms with Gasteiger partial charge in [-0.3, -0.25) is 4.79 Å². The highest BCUT2D eigenvalue weighted by atomic mass is 19.1. The van der Waals surface area contributed by atoms with Gasteiger partial charge in [-0.15, -0.1) is 0 Å². The van der Waals surface area contributed by atoms with Crippen molar-refractivity contribution < 1.29 is 14.0 Å². The van der Waals surface area contributed by atoms with Gasteiger partial charge in [-0.2, -0.15) is 0 Å². The van der Waals surface area contributed by atoms with Crippen LogP contribution in [0.3, 0.4) is 0 Å². The largest absolute Gasteiger partial charge is 0.338 e. The van der Waals surface area contributed by atoms with Crippen LogP contribution >= 0.6 is 0 Å². The van der Waals surface area contributed by atoms with Crippen LogP contribution < -0.4 is 5.90 Å². The molecule has 0 spiro atoms. The smallest absolute Gasteiger partial charge is 0.256 e. The first-order valence-electron chi connectivity index (χ1n) is 5.58. The number of likely N-dealkylation sites (tertiary alicyclic amines) is 1. The first-order chi connectivity index (χ1) is 8.22. The predicted octanol–water partition coefficient (Wildman–Crippen LogP) is 1.18. The molecule has 92 valence electrons. The fourth-order valence-electron chi connectivity index (χ4n) is 2.09. The van der Waals surface area contributed by atoms with E-state index in [1.54, 1.807) is 17.0 Å². The van der Waals surface area contributed by atoms with Crippen molar-refractivity contribution in [3.8, 4) is 0 Å². The number of carbonyl (C=O) groups excluding carboxylic acids is 1. The van der Waals surface area contributed by atoms with Crippen molar-refractivity contribution in [2.45, 2.75) is 6.42 Å². The monoisotopic (exact) mass is 238 g/mol. The molecule has 1 saturated heterocycles. The number of nitrogens with zero attached hydrogens (tertiary/aromatic N) is 1. The number of carbonyl (C=O) groups is 1. The molecule has 1 aromatic rings. The van der Waals surface area contributed by atoms with E-state index >= 15 is 0 Å². The minimum atomic E-state index is -0.476. The van der Waals surface area contributed by atoms with Crippen LogP contribution in [0.4, 0.5) is 4.39 Å². The highest BCUT2D eigenvalue weighted by Crippen LogP contribution is 2.19. The standard InChI is InChI=1S/C12H15FN2O2/c13-11-4-2-1-3-10(11)12(16)15-6-5-9(7-15)8-17-14/h1-4,9H,5-8,14H2. The van der Waals surface area contributed by atoms with Crippen LogP contribution in [0.1, 0.15) is 16.8 Å². The number of amides is 1. The fourth-order valence-corrected chi connectivity index (χ4v) is 2.09. The van der Waals surface area contributed by atoms with Gasteiger partial charge in [0.05, 0.1) is 12.2 Å². The van der Waals surface area contributed by atoms with Gasteiger partial charge < -0.3 is 9.74 Å². The summed E-state index contributed by atoms with van der Waals surface area (Å²) < 4.78 is 13.4. The molecule has 1 unspecified atom stereocenters. The van der Waals surface area contributed by atoms with E-state index in [2.05, 4.69) is 4.84 Å². The van der Waals surface area contributed by atoms with Gasteiger partial charge in [0.2, 0.25) is 0 Å². The Hall–Kier alpha value is -1.46. The molecule has 2 rings (SSSR count). The lowest BCUT2D eigenvalue weighted by Gasteiger charge is -2.16. The summed E-state index contributed by atoms with van der Waals surface area (Å²) in [6.45, 7) is 1.63. The number of nitrogens with two attached hydrogens (primary N) is 1. The normalized spacial score (nSPS) is 19.6. The lowest BCUT2D eigenvalue weighted by atomic mass is 10.1. The number of hydrogen-bond donors (Lipinski definition) is 1. The van der Waals surface area contributed by atoms with Crippen LogP contribution in [0.5, 0.6) is 0 Å². The first kappa shape index (κ1) is 12.0. The van der Waals surface area contributed by atoms with Crippen molar-refractivity contribution in [3.63, 3.8) is 0 Å². The van der Waals surface area contributed by atoms with E-state index in [0.717, 1.165) is 6.42 Å². The zero-order valence-electron chi connectivity index (χ0n) is 9.43. The molecule has 1 amide bonds. The highest BCUT2D eigenvalue weighted by molar-refractivity contribution is 5.94. The average Bonchev–Trinajstić information content (AvgIpc) is 2.78. The Labute approximate surface area is 99.1 Å². The Morgan fingerprint density at radius 2 is 2.29 bits per heavy atom. The third-order valence-corrected chi connectivity index (χ3v) is 3.01. The lowest BCUT2D eigenvalue weighted by molar-refractivity contribution is 0.0750. The average molecular weight is 238 g/mol. The first-order valence-corrected chi connectivity index (χ1v) is 5.58. The van der Waals surface area contributed by atoms with Crippen molar-refractivity contribution in [3.05, 3.63) is 35.6 Å². The minimum absolute atomic E-state index is 0.127. The van der Waals surface area contributed by atoms with Crippen LogP contribution in [-0.4, -0.2) is 30.5 Å². The molecule has 1 aromatic carbocycles. The molecule has 1 aliphatic heterocycles. The second kappa shape index (κ2) is 5.25. The topological polar surface area (TPSA) is 55.6 Å². The Kier molecular flexibility index (Phi) is 3.71. The molecule has 1 atom stereocenters. The van der Waals surface area contributed by atoms with E-state index in [1.807, 2.05) is 0 Å². The second-order valence-corrected chi connectivity index (χ2v) is 4.22. The van der Waals surface area contributed by atoms with Gasteiger partial charge in [0, 0.05) is 19.0 Å². The second-order valence-electron chi connectivity index (χ2n) is 4.22. The van der Waals surface area contributed by atoms with Crippen molar-refractivity contribution in [1.82, 2.24) is 4.90 Å². The van der Waals surface area contributed by atoms with Gasteiger partial charge in [0.1, 0.15) is 5.82 Å². The maximum absolute atomic E-state index is 13.4. The SMILES string of the molecule is NOCC1CCN(C(=O)c2ccccc2F)C1. The van der Waals surface area contributed by atoms with E-state index in [1.165, 1.54) is 12.1 Å². The third kappa shape index (κ3) is 2.62. The summed E-state index contributed by atoms with van der Waals surface area (Å²) in [5.41, 5.74) is 0.127. The molecule has 2 N–H and O–H groups in total. The highest BCUT2D eigenvalue weighted by Gasteiger charge is 2.28. The van der Waals surface area contributed by atoms with Crippen LogP contribution in [0, 0.1) is 11.7 Å². The summed E-state index contributed by atoms with van der Waals surface area (Å²) in [6, 6.07) is 6.03. The summed E-state index contributed by atoms with van der Waals surface area (Å²) in [4.78, 5) is 18.2. The molecular formula is C12H15FN2O2. The minimum Gasteiger partial charge on any atom is -0.338 e. The third-order valence-electron chi connectivity index (χ3n) is 3.01. The summed E-state index contributed by atoms with van der Waals surface area (Å²) >= 11 is 0. The molecule has 0 saturated carbocycles. The Balaban J connectivity index is 2.05. The van der Waals surface area contributed by atoms with Gasteiger partial charge >= 0.3 is 0 Å². The van der Waals surface area contributed by atoms with Crippen LogP contribution in [0.2, 0.25) is 0 Å². The van der Waals surface area contributed by atoms with Crippen molar-refractivity contribution >= 4 is 5.91 Å². The van der Waals surface area contributed by atoms with E-state index in [4.69, 9.17) is 5.90 Å². The van der Waals surface area contributed by atoms with Gasteiger partial charge in [-0.25, -0.2) is 10.3 Å². The summed E-state index contributed by atoms with van der Waals surface area (Å²) in [5.74, 6) is 4.51. The zero-order chi connectivity index (χ0) is 12.3. The molecule has 0 aromatic heterocycles. The molecule has 0 bridgehead atoms.